The zero-order chi connectivity index (χ0) is 26.5. The van der Waals surface area contributed by atoms with E-state index < -0.39 is 5.56 Å². The third-order valence-electron chi connectivity index (χ3n) is 6.91. The highest BCUT2D eigenvalue weighted by Gasteiger charge is 2.24. The van der Waals surface area contributed by atoms with Crippen LogP contribution in [-0.4, -0.2) is 34.0 Å². The minimum absolute atomic E-state index is 0.0307. The number of H-pyrrole nitrogens is 1. The van der Waals surface area contributed by atoms with E-state index in [0.29, 0.717) is 28.7 Å². The van der Waals surface area contributed by atoms with E-state index in [0.717, 1.165) is 51.6 Å². The highest BCUT2D eigenvalue weighted by molar-refractivity contribution is 5.99. The van der Waals surface area contributed by atoms with E-state index >= 15 is 0 Å². The monoisotopic (exact) mass is 496 g/mol. The summed E-state index contributed by atoms with van der Waals surface area (Å²) in [5.74, 6) is 0.564. The van der Waals surface area contributed by atoms with Gasteiger partial charge in [-0.3, -0.25) is 14.6 Å². The molecule has 7 nitrogen and oxygen atoms in total. The van der Waals surface area contributed by atoms with Crippen molar-refractivity contribution in [2.45, 2.75) is 86.0 Å². The fourth-order valence-corrected chi connectivity index (χ4v) is 4.50. The number of aromatic nitrogens is 1. The summed E-state index contributed by atoms with van der Waals surface area (Å²) in [5.41, 5.74) is 1.23. The summed E-state index contributed by atoms with van der Waals surface area (Å²) in [6, 6.07) is 8.57. The topological polar surface area (TPSA) is 98.1 Å². The normalized spacial score (nSPS) is 13.1. The molecule has 0 aliphatic heterocycles. The van der Waals surface area contributed by atoms with Gasteiger partial charge in [0, 0.05) is 19.2 Å². The fourth-order valence-electron chi connectivity index (χ4n) is 4.50. The summed E-state index contributed by atoms with van der Waals surface area (Å²) in [5, 5.41) is 18.6. The molecule has 198 valence electrons. The largest absolute Gasteiger partial charge is 0.493 e. The molecule has 36 heavy (non-hydrogen) atoms. The number of hydrogen-bond donors (Lipinski definition) is 2. The number of nitrogens with zero attached hydrogens (tertiary/aromatic N) is 3. The molecule has 1 aromatic carbocycles. The number of aromatic amines is 1. The fraction of sp³-hybridized carbons (Fsp3) is 0.586. The number of rotatable bonds is 15. The van der Waals surface area contributed by atoms with Gasteiger partial charge < -0.3 is 10.0 Å². The second-order valence-corrected chi connectivity index (χ2v) is 9.77. The van der Waals surface area contributed by atoms with E-state index in [1.807, 2.05) is 17.0 Å². The summed E-state index contributed by atoms with van der Waals surface area (Å²) >= 11 is 0. The molecule has 2 aromatic rings. The zero-order valence-corrected chi connectivity index (χ0v) is 22.7. The van der Waals surface area contributed by atoms with E-state index in [1.165, 1.54) is 18.9 Å². The number of pyridine rings is 1. The van der Waals surface area contributed by atoms with Crippen LogP contribution >= 0.6 is 0 Å². The van der Waals surface area contributed by atoms with Crippen molar-refractivity contribution in [1.29, 1.82) is 0 Å². The van der Waals surface area contributed by atoms with Crippen LogP contribution in [0.3, 0.4) is 0 Å². The van der Waals surface area contributed by atoms with Gasteiger partial charge in [-0.25, -0.2) is 0 Å². The molecule has 0 aliphatic carbocycles. The molecular weight excluding hydrogens is 452 g/mol. The Morgan fingerprint density at radius 2 is 1.56 bits per heavy atom. The van der Waals surface area contributed by atoms with Gasteiger partial charge >= 0.3 is 0 Å². The second-order valence-electron chi connectivity index (χ2n) is 9.77. The molecule has 7 heteroatoms. The summed E-state index contributed by atoms with van der Waals surface area (Å²) in [6.07, 6.45) is 8.96. The van der Waals surface area contributed by atoms with E-state index in [-0.39, 0.29) is 17.5 Å². The average molecular weight is 497 g/mol. The van der Waals surface area contributed by atoms with Gasteiger partial charge in [0.15, 0.2) is 0 Å². The molecule has 1 amide bonds. The van der Waals surface area contributed by atoms with Crippen molar-refractivity contribution < 1.29 is 9.90 Å². The molecule has 2 rings (SSSR count). The molecule has 0 radical (unpaired) electrons. The number of azo groups is 1. The first-order valence-corrected chi connectivity index (χ1v) is 13.6. The highest BCUT2D eigenvalue weighted by Crippen LogP contribution is 2.30. The van der Waals surface area contributed by atoms with Crippen LogP contribution in [0.4, 0.5) is 11.4 Å². The molecule has 2 atom stereocenters. The molecule has 0 saturated carbocycles. The molecule has 0 bridgehead atoms. The van der Waals surface area contributed by atoms with Crippen molar-refractivity contribution in [3.8, 4) is 5.88 Å². The number of carbonyl (C=O) groups excluding carboxylic acids is 1. The minimum atomic E-state index is -0.405. The van der Waals surface area contributed by atoms with Crippen molar-refractivity contribution in [2.75, 3.05) is 13.1 Å². The van der Waals surface area contributed by atoms with Crippen LogP contribution in [-0.2, 0) is 0 Å². The lowest BCUT2D eigenvalue weighted by atomic mass is 9.95. The maximum atomic E-state index is 13.9. The first-order chi connectivity index (χ1) is 17.3. The third kappa shape index (κ3) is 8.61. The van der Waals surface area contributed by atoms with E-state index in [1.54, 1.807) is 19.1 Å². The summed E-state index contributed by atoms with van der Waals surface area (Å²) in [6.45, 7) is 12.0. The van der Waals surface area contributed by atoms with Crippen LogP contribution in [0.2, 0.25) is 0 Å². The Hall–Kier alpha value is -2.96. The maximum absolute atomic E-state index is 13.9. The van der Waals surface area contributed by atoms with Gasteiger partial charge in [0.05, 0.1) is 11.3 Å². The summed E-state index contributed by atoms with van der Waals surface area (Å²) in [4.78, 5) is 29.9. The lowest BCUT2D eigenvalue weighted by molar-refractivity contribution is 0.0685. The van der Waals surface area contributed by atoms with Gasteiger partial charge in [-0.15, -0.1) is 10.2 Å². The Balaban J connectivity index is 2.39. The van der Waals surface area contributed by atoms with Gasteiger partial charge in [0.2, 0.25) is 5.88 Å². The predicted molar refractivity (Wildman–Crippen MR) is 147 cm³/mol. The number of unbranched alkanes of at least 4 members (excludes halogenated alkanes) is 2. The maximum Gasteiger partial charge on any atom is 0.256 e. The van der Waals surface area contributed by atoms with Gasteiger partial charge in [-0.1, -0.05) is 78.4 Å². The number of amides is 1. The first kappa shape index (κ1) is 29.3. The number of benzene rings is 1. The average Bonchev–Trinajstić information content (AvgIpc) is 2.87. The van der Waals surface area contributed by atoms with Gasteiger partial charge in [0.25, 0.3) is 11.5 Å². The molecule has 2 unspecified atom stereocenters. The highest BCUT2D eigenvalue weighted by atomic mass is 16.3. The Labute approximate surface area is 216 Å². The van der Waals surface area contributed by atoms with Crippen molar-refractivity contribution >= 4 is 17.3 Å². The summed E-state index contributed by atoms with van der Waals surface area (Å²) in [7, 11) is 0. The summed E-state index contributed by atoms with van der Waals surface area (Å²) < 4.78 is 0. The Morgan fingerprint density at radius 1 is 0.972 bits per heavy atom. The quantitative estimate of drug-likeness (QED) is 0.247. The van der Waals surface area contributed by atoms with Crippen molar-refractivity contribution in [3.05, 3.63) is 51.8 Å². The number of nitrogens with one attached hydrogen (secondary N) is 1. The molecule has 0 fully saturated rings. The molecular formula is C29H44N4O3. The SMILES string of the molecule is CCCCC(CC)CN(CC(CC)CCCC)C(=O)c1ccccc1/N=N/c1c(C)cc(=O)[nH]c1O. The lowest BCUT2D eigenvalue weighted by Crippen LogP contribution is -2.39. The van der Waals surface area contributed by atoms with Gasteiger partial charge in [0.1, 0.15) is 5.69 Å². The van der Waals surface area contributed by atoms with Crippen LogP contribution < -0.4 is 5.56 Å². The Bertz CT molecular complexity index is 1000. The number of hydrogen-bond acceptors (Lipinski definition) is 5. The molecule has 0 saturated heterocycles. The van der Waals surface area contributed by atoms with Crippen LogP contribution in [0.1, 0.15) is 95.0 Å². The van der Waals surface area contributed by atoms with Gasteiger partial charge in [-0.05, 0) is 49.3 Å². The van der Waals surface area contributed by atoms with E-state index in [2.05, 4.69) is 42.9 Å². The Kier molecular flexibility index (Phi) is 12.4. The molecule has 1 aromatic heterocycles. The molecule has 2 N–H and O–H groups in total. The molecule has 0 aliphatic rings. The van der Waals surface area contributed by atoms with Crippen LogP contribution in [0, 0.1) is 18.8 Å². The minimum Gasteiger partial charge on any atom is -0.493 e. The Morgan fingerprint density at radius 3 is 2.08 bits per heavy atom. The number of carbonyl (C=O) groups is 1. The molecule has 0 spiro atoms. The second kappa shape index (κ2) is 15.2. The standard InChI is InChI=1S/C29H44N4O3/c1-6-10-14-22(8-3)19-33(20-23(9-4)15-11-7-2)29(36)24-16-12-13-17-25(24)31-32-27-21(5)18-26(34)30-28(27)35/h12-13,16-18,22-23H,6-11,14-15,19-20H2,1-5H3,(H2,30,34,35)/b32-31+. The number of aryl methyl sites for hydroxylation is 1. The zero-order valence-electron chi connectivity index (χ0n) is 22.7. The third-order valence-corrected chi connectivity index (χ3v) is 6.91. The van der Waals surface area contributed by atoms with Gasteiger partial charge in [-0.2, -0.15) is 0 Å². The number of aromatic hydroxyl groups is 1. The predicted octanol–water partition coefficient (Wildman–Crippen LogP) is 7.68. The smallest absolute Gasteiger partial charge is 0.256 e. The van der Waals surface area contributed by atoms with Crippen LogP contribution in [0.5, 0.6) is 5.88 Å². The van der Waals surface area contributed by atoms with Crippen molar-refractivity contribution in [3.63, 3.8) is 0 Å². The van der Waals surface area contributed by atoms with E-state index in [9.17, 15) is 14.7 Å². The van der Waals surface area contributed by atoms with Crippen LogP contribution in [0.25, 0.3) is 0 Å². The van der Waals surface area contributed by atoms with Crippen LogP contribution in [0.15, 0.2) is 45.4 Å². The van der Waals surface area contributed by atoms with Crippen molar-refractivity contribution in [1.82, 2.24) is 9.88 Å². The first-order valence-electron chi connectivity index (χ1n) is 13.6. The lowest BCUT2D eigenvalue weighted by Gasteiger charge is -2.31. The molecule has 1 heterocycles. The van der Waals surface area contributed by atoms with E-state index in [4.69, 9.17) is 0 Å². The van der Waals surface area contributed by atoms with Crippen molar-refractivity contribution in [2.24, 2.45) is 22.1 Å².